The molecule has 0 bridgehead atoms. The second-order valence-corrected chi connectivity index (χ2v) is 6.33. The highest BCUT2D eigenvalue weighted by Crippen LogP contribution is 2.30. The molecule has 0 unspecified atom stereocenters. The van der Waals surface area contributed by atoms with Crippen LogP contribution in [0, 0.1) is 20.8 Å². The SMILES string of the molecule is Cc1ccc(C(=O)c2sc(C)c(C)c2C(=O)OCCN)cc1. The molecule has 2 N–H and O–H groups in total. The number of hydrogen-bond acceptors (Lipinski definition) is 5. The standard InChI is InChI=1S/C17H19NO3S/c1-10-4-6-13(7-5-10)15(19)16-14(11(2)12(3)22-16)17(20)21-9-8-18/h4-7H,8-9,18H2,1-3H3. The van der Waals surface area contributed by atoms with Crippen molar-refractivity contribution in [2.45, 2.75) is 20.8 Å². The number of carbonyl (C=O) groups excluding carboxylic acids is 2. The summed E-state index contributed by atoms with van der Waals surface area (Å²) in [5.41, 5.74) is 8.17. The maximum atomic E-state index is 12.7. The second kappa shape index (κ2) is 6.85. The van der Waals surface area contributed by atoms with E-state index >= 15 is 0 Å². The summed E-state index contributed by atoms with van der Waals surface area (Å²) >= 11 is 1.33. The van der Waals surface area contributed by atoms with E-state index < -0.39 is 5.97 Å². The van der Waals surface area contributed by atoms with Crippen molar-refractivity contribution < 1.29 is 14.3 Å². The van der Waals surface area contributed by atoms with Crippen molar-refractivity contribution in [1.29, 1.82) is 0 Å². The molecule has 5 heteroatoms. The molecule has 0 spiro atoms. The molecule has 0 saturated carbocycles. The van der Waals surface area contributed by atoms with Crippen LogP contribution in [-0.2, 0) is 4.74 Å². The first-order valence-corrected chi connectivity index (χ1v) is 7.86. The predicted octanol–water partition coefficient (Wildman–Crippen LogP) is 3.02. The number of ketones is 1. The molecule has 0 radical (unpaired) electrons. The topological polar surface area (TPSA) is 69.4 Å². The van der Waals surface area contributed by atoms with Crippen LogP contribution in [0.3, 0.4) is 0 Å². The van der Waals surface area contributed by atoms with Gasteiger partial charge in [0.25, 0.3) is 0 Å². The van der Waals surface area contributed by atoms with Gasteiger partial charge in [0.1, 0.15) is 6.61 Å². The van der Waals surface area contributed by atoms with Gasteiger partial charge < -0.3 is 10.5 Å². The lowest BCUT2D eigenvalue weighted by Gasteiger charge is -2.06. The van der Waals surface area contributed by atoms with Gasteiger partial charge in [-0.2, -0.15) is 0 Å². The number of hydrogen-bond donors (Lipinski definition) is 1. The van der Waals surface area contributed by atoms with Crippen LogP contribution >= 0.6 is 11.3 Å². The number of benzene rings is 1. The fourth-order valence-electron chi connectivity index (χ4n) is 2.09. The number of carbonyl (C=O) groups is 2. The third-order valence-corrected chi connectivity index (χ3v) is 4.67. The molecule has 2 aromatic rings. The lowest BCUT2D eigenvalue weighted by molar-refractivity contribution is 0.0514. The molecule has 1 heterocycles. The zero-order valence-electron chi connectivity index (χ0n) is 12.9. The quantitative estimate of drug-likeness (QED) is 0.680. The van der Waals surface area contributed by atoms with Gasteiger partial charge in [-0.1, -0.05) is 29.8 Å². The number of ether oxygens (including phenoxy) is 1. The molecular weight excluding hydrogens is 298 g/mol. The molecule has 22 heavy (non-hydrogen) atoms. The maximum Gasteiger partial charge on any atom is 0.340 e. The molecule has 0 atom stereocenters. The Labute approximate surface area is 133 Å². The average Bonchev–Trinajstić information content (AvgIpc) is 2.80. The van der Waals surface area contributed by atoms with Crippen molar-refractivity contribution >= 4 is 23.1 Å². The maximum absolute atomic E-state index is 12.7. The fraction of sp³-hybridized carbons (Fsp3) is 0.294. The summed E-state index contributed by atoms with van der Waals surface area (Å²) in [5, 5.41) is 0. The molecule has 116 valence electrons. The summed E-state index contributed by atoms with van der Waals surface area (Å²) in [6.45, 7) is 6.09. The van der Waals surface area contributed by atoms with E-state index in [1.807, 2.05) is 32.9 Å². The molecule has 1 aromatic heterocycles. The van der Waals surface area contributed by atoms with Gasteiger partial charge in [0.15, 0.2) is 0 Å². The summed E-state index contributed by atoms with van der Waals surface area (Å²) in [6, 6.07) is 7.31. The van der Waals surface area contributed by atoms with Crippen LogP contribution in [-0.4, -0.2) is 24.9 Å². The zero-order valence-corrected chi connectivity index (χ0v) is 13.8. The summed E-state index contributed by atoms with van der Waals surface area (Å²) in [5.74, 6) is -0.635. The van der Waals surface area contributed by atoms with Crippen molar-refractivity contribution in [3.05, 3.63) is 56.3 Å². The Morgan fingerprint density at radius 3 is 2.36 bits per heavy atom. The Kier molecular flexibility index (Phi) is 5.11. The van der Waals surface area contributed by atoms with Crippen LogP contribution in [0.1, 0.15) is 41.6 Å². The van der Waals surface area contributed by atoms with Gasteiger partial charge in [0.05, 0.1) is 10.4 Å². The van der Waals surface area contributed by atoms with Gasteiger partial charge in [0.2, 0.25) is 5.78 Å². The first-order valence-electron chi connectivity index (χ1n) is 7.04. The van der Waals surface area contributed by atoms with E-state index in [1.165, 1.54) is 11.3 Å². The molecule has 0 aliphatic heterocycles. The van der Waals surface area contributed by atoms with Crippen molar-refractivity contribution in [1.82, 2.24) is 0 Å². The zero-order chi connectivity index (χ0) is 16.3. The summed E-state index contributed by atoms with van der Waals surface area (Å²) in [7, 11) is 0. The first-order chi connectivity index (χ1) is 10.5. The Bertz CT molecular complexity index is 701. The molecule has 2 rings (SSSR count). The second-order valence-electron chi connectivity index (χ2n) is 5.11. The van der Waals surface area contributed by atoms with Gasteiger partial charge in [-0.05, 0) is 26.3 Å². The van der Waals surface area contributed by atoms with Crippen molar-refractivity contribution in [3.8, 4) is 0 Å². The number of nitrogens with two attached hydrogens (primary N) is 1. The predicted molar refractivity (Wildman–Crippen MR) is 87.7 cm³/mol. The van der Waals surface area contributed by atoms with E-state index in [4.69, 9.17) is 10.5 Å². The Balaban J connectivity index is 2.42. The summed E-state index contributed by atoms with van der Waals surface area (Å²) < 4.78 is 5.11. The minimum absolute atomic E-state index is 0.144. The van der Waals surface area contributed by atoms with Gasteiger partial charge in [0, 0.05) is 17.0 Å². The van der Waals surface area contributed by atoms with Crippen LogP contribution in [0.2, 0.25) is 0 Å². The lowest BCUT2D eigenvalue weighted by atomic mass is 10.0. The van der Waals surface area contributed by atoms with Crippen molar-refractivity contribution in [2.75, 3.05) is 13.2 Å². The highest BCUT2D eigenvalue weighted by Gasteiger charge is 2.25. The lowest BCUT2D eigenvalue weighted by Crippen LogP contribution is -2.16. The molecule has 4 nitrogen and oxygen atoms in total. The largest absolute Gasteiger partial charge is 0.461 e. The van der Waals surface area contributed by atoms with E-state index in [2.05, 4.69) is 0 Å². The molecule has 1 aromatic carbocycles. The third kappa shape index (κ3) is 3.26. The number of thiophene rings is 1. The monoisotopic (exact) mass is 317 g/mol. The Morgan fingerprint density at radius 1 is 1.14 bits per heavy atom. The average molecular weight is 317 g/mol. The van der Waals surface area contributed by atoms with E-state index in [0.29, 0.717) is 16.0 Å². The fourth-order valence-corrected chi connectivity index (χ4v) is 3.20. The smallest absolute Gasteiger partial charge is 0.340 e. The van der Waals surface area contributed by atoms with E-state index in [9.17, 15) is 9.59 Å². The van der Waals surface area contributed by atoms with Gasteiger partial charge in [-0.15, -0.1) is 11.3 Å². The molecule has 0 saturated heterocycles. The minimum atomic E-state index is -0.484. The van der Waals surface area contributed by atoms with Gasteiger partial charge in [-0.25, -0.2) is 4.79 Å². The van der Waals surface area contributed by atoms with Crippen LogP contribution in [0.4, 0.5) is 0 Å². The highest BCUT2D eigenvalue weighted by molar-refractivity contribution is 7.14. The van der Waals surface area contributed by atoms with Crippen LogP contribution in [0.15, 0.2) is 24.3 Å². The van der Waals surface area contributed by atoms with E-state index in [0.717, 1.165) is 16.0 Å². The van der Waals surface area contributed by atoms with E-state index in [-0.39, 0.29) is 18.9 Å². The first kappa shape index (κ1) is 16.4. The normalized spacial score (nSPS) is 10.5. The minimum Gasteiger partial charge on any atom is -0.461 e. The molecule has 0 aliphatic carbocycles. The Hall–Kier alpha value is -1.98. The van der Waals surface area contributed by atoms with Crippen molar-refractivity contribution in [3.63, 3.8) is 0 Å². The van der Waals surface area contributed by atoms with Crippen LogP contribution in [0.25, 0.3) is 0 Å². The molecular formula is C17H19NO3S. The van der Waals surface area contributed by atoms with Crippen LogP contribution < -0.4 is 5.73 Å². The van der Waals surface area contributed by atoms with Crippen molar-refractivity contribution in [2.24, 2.45) is 5.73 Å². The Morgan fingerprint density at radius 2 is 1.77 bits per heavy atom. The molecule has 0 aliphatic rings. The highest BCUT2D eigenvalue weighted by atomic mass is 32.1. The summed E-state index contributed by atoms with van der Waals surface area (Å²) in [4.78, 5) is 26.3. The molecule has 0 amide bonds. The van der Waals surface area contributed by atoms with Crippen LogP contribution in [0.5, 0.6) is 0 Å². The third-order valence-electron chi connectivity index (χ3n) is 3.46. The van der Waals surface area contributed by atoms with Gasteiger partial charge in [-0.3, -0.25) is 4.79 Å². The number of aryl methyl sites for hydroxylation is 2. The van der Waals surface area contributed by atoms with E-state index in [1.54, 1.807) is 12.1 Å². The summed E-state index contributed by atoms with van der Waals surface area (Å²) in [6.07, 6.45) is 0. The number of esters is 1. The van der Waals surface area contributed by atoms with Gasteiger partial charge >= 0.3 is 5.97 Å². The number of rotatable bonds is 5. The molecule has 0 fully saturated rings.